The molecule has 1 N–H and O–H groups in total. The minimum absolute atomic E-state index is 0.326. The van der Waals surface area contributed by atoms with E-state index in [2.05, 4.69) is 39.3 Å². The number of sulfonamides is 1. The van der Waals surface area contributed by atoms with E-state index in [4.69, 9.17) is 9.40 Å². The quantitative estimate of drug-likeness (QED) is 0.593. The number of benzene rings is 1. The highest BCUT2D eigenvalue weighted by molar-refractivity contribution is 7.88. The molecule has 4 heterocycles. The van der Waals surface area contributed by atoms with Crippen molar-refractivity contribution in [1.29, 1.82) is 0 Å². The summed E-state index contributed by atoms with van der Waals surface area (Å²) in [6, 6.07) is 10.2. The summed E-state index contributed by atoms with van der Waals surface area (Å²) >= 11 is 0. The molecule has 0 radical (unpaired) electrons. The number of nitrogens with one attached hydrogen (secondary N) is 1. The maximum Gasteiger partial charge on any atom is 0.227 e. The molecule has 1 fully saturated rings. The molecule has 0 bridgehead atoms. The fourth-order valence-electron chi connectivity index (χ4n) is 4.41. The van der Waals surface area contributed by atoms with Crippen LogP contribution in [0, 0.1) is 6.92 Å². The highest BCUT2D eigenvalue weighted by Gasteiger charge is 2.27. The van der Waals surface area contributed by atoms with Gasteiger partial charge in [-0.15, -0.1) is 0 Å². The van der Waals surface area contributed by atoms with Gasteiger partial charge in [-0.05, 0) is 49.9 Å². The van der Waals surface area contributed by atoms with Gasteiger partial charge in [0.15, 0.2) is 5.76 Å². The first-order chi connectivity index (χ1) is 16.3. The van der Waals surface area contributed by atoms with Crippen molar-refractivity contribution in [3.8, 4) is 11.5 Å². The zero-order valence-electron chi connectivity index (χ0n) is 19.8. The minimum atomic E-state index is -3.24. The van der Waals surface area contributed by atoms with E-state index in [1.165, 1.54) is 16.2 Å². The van der Waals surface area contributed by atoms with E-state index in [0.717, 1.165) is 48.8 Å². The van der Waals surface area contributed by atoms with Crippen molar-refractivity contribution in [1.82, 2.24) is 19.2 Å². The molecule has 3 aromatic rings. The molecule has 0 saturated carbocycles. The first-order valence-electron chi connectivity index (χ1n) is 11.5. The number of fused-ring (bicyclic) bond motifs is 1. The molecule has 1 saturated heterocycles. The van der Waals surface area contributed by atoms with Crippen LogP contribution < -0.4 is 10.2 Å². The van der Waals surface area contributed by atoms with Crippen LogP contribution in [0.25, 0.3) is 11.5 Å². The van der Waals surface area contributed by atoms with Gasteiger partial charge in [-0.3, -0.25) is 0 Å². The number of nitrogens with zero attached hydrogens (tertiary/aromatic N) is 5. The summed E-state index contributed by atoms with van der Waals surface area (Å²) < 4.78 is 31.4. The third kappa shape index (κ3) is 4.79. The van der Waals surface area contributed by atoms with Gasteiger partial charge in [0.05, 0.1) is 6.26 Å². The molecule has 1 aromatic carbocycles. The van der Waals surface area contributed by atoms with Crippen molar-refractivity contribution >= 4 is 27.3 Å². The number of hydrogen-bond acceptors (Lipinski definition) is 8. The average molecular weight is 483 g/mol. The van der Waals surface area contributed by atoms with Crippen molar-refractivity contribution in [3.05, 3.63) is 53.4 Å². The maximum atomic E-state index is 11.9. The molecule has 10 heteroatoms. The largest absolute Gasteiger partial charge is 0.459 e. The van der Waals surface area contributed by atoms with E-state index >= 15 is 0 Å². The van der Waals surface area contributed by atoms with Gasteiger partial charge in [0.25, 0.3) is 0 Å². The SMILES string of the molecule is Cc1cnc(Nc2ccc(N3CCN(C)CC3)cc2)nc1-c1cc2c(o1)CCN(S(C)(=O)=O)C2. The van der Waals surface area contributed by atoms with E-state index in [1.54, 1.807) is 6.20 Å². The van der Waals surface area contributed by atoms with Gasteiger partial charge in [0.2, 0.25) is 16.0 Å². The Morgan fingerprint density at radius 1 is 1.06 bits per heavy atom. The van der Waals surface area contributed by atoms with Gasteiger partial charge in [0.1, 0.15) is 11.5 Å². The Bertz CT molecular complexity index is 1280. The van der Waals surface area contributed by atoms with Crippen LogP contribution in [0.4, 0.5) is 17.3 Å². The zero-order chi connectivity index (χ0) is 23.9. The second-order valence-electron chi connectivity index (χ2n) is 9.09. The maximum absolute atomic E-state index is 11.9. The predicted octanol–water partition coefficient (Wildman–Crippen LogP) is 2.86. The topological polar surface area (TPSA) is 94.8 Å². The second kappa shape index (κ2) is 9.01. The number of rotatable bonds is 5. The molecule has 0 amide bonds. The molecular formula is C24H30N6O3S. The van der Waals surface area contributed by atoms with Crippen LogP contribution >= 0.6 is 0 Å². The summed E-state index contributed by atoms with van der Waals surface area (Å²) in [6.45, 7) is 6.90. The lowest BCUT2D eigenvalue weighted by molar-refractivity contribution is 0.313. The molecule has 2 aliphatic rings. The number of likely N-dealkylation sites (N-methyl/N-ethyl adjacent to an activating group) is 1. The lowest BCUT2D eigenvalue weighted by atomic mass is 10.1. The van der Waals surface area contributed by atoms with Gasteiger partial charge in [-0.1, -0.05) is 0 Å². The Morgan fingerprint density at radius 3 is 2.50 bits per heavy atom. The third-order valence-electron chi connectivity index (χ3n) is 6.50. The molecule has 5 rings (SSSR count). The Balaban J connectivity index is 1.33. The molecule has 34 heavy (non-hydrogen) atoms. The summed E-state index contributed by atoms with van der Waals surface area (Å²) in [5, 5.41) is 3.29. The molecule has 180 valence electrons. The Kier molecular flexibility index (Phi) is 6.05. The Labute approximate surface area is 200 Å². The molecule has 0 aliphatic carbocycles. The molecule has 0 unspecified atom stereocenters. The molecule has 9 nitrogen and oxygen atoms in total. The van der Waals surface area contributed by atoms with E-state index in [0.29, 0.717) is 36.9 Å². The van der Waals surface area contributed by atoms with Gasteiger partial charge >= 0.3 is 0 Å². The molecule has 2 aliphatic heterocycles. The highest BCUT2D eigenvalue weighted by Crippen LogP contribution is 2.31. The number of furan rings is 1. The normalized spacial score (nSPS) is 17.6. The fraction of sp³-hybridized carbons (Fsp3) is 0.417. The number of anilines is 3. The van der Waals surface area contributed by atoms with Crippen molar-refractivity contribution in [3.63, 3.8) is 0 Å². The van der Waals surface area contributed by atoms with Gasteiger partial charge in [-0.2, -0.15) is 4.31 Å². The standard InChI is InChI=1S/C24H30N6O3S/c1-17-15-25-24(26-19-4-6-20(7-5-19)29-12-10-28(2)11-13-29)27-23(17)22-14-18-16-30(34(3,31)32)9-8-21(18)33-22/h4-7,14-15H,8-13,16H2,1-3H3,(H,25,26,27). The molecule has 2 aromatic heterocycles. The van der Waals surface area contributed by atoms with Crippen LogP contribution in [0.3, 0.4) is 0 Å². The van der Waals surface area contributed by atoms with Gasteiger partial charge in [0, 0.05) is 68.8 Å². The van der Waals surface area contributed by atoms with Crippen LogP contribution in [0.2, 0.25) is 0 Å². The number of hydrogen-bond donors (Lipinski definition) is 1. The second-order valence-corrected chi connectivity index (χ2v) is 11.1. The van der Waals surface area contributed by atoms with Crippen LogP contribution in [-0.4, -0.2) is 73.6 Å². The lowest BCUT2D eigenvalue weighted by Crippen LogP contribution is -2.44. The van der Waals surface area contributed by atoms with Gasteiger partial charge < -0.3 is 19.5 Å². The highest BCUT2D eigenvalue weighted by atomic mass is 32.2. The van der Waals surface area contributed by atoms with Gasteiger partial charge in [-0.25, -0.2) is 18.4 Å². The summed E-state index contributed by atoms with van der Waals surface area (Å²) in [5.74, 6) is 1.94. The van der Waals surface area contributed by atoms with Crippen LogP contribution in [0.5, 0.6) is 0 Å². The first-order valence-corrected chi connectivity index (χ1v) is 13.3. The zero-order valence-corrected chi connectivity index (χ0v) is 20.6. The summed E-state index contributed by atoms with van der Waals surface area (Å²) in [7, 11) is -1.08. The van der Waals surface area contributed by atoms with E-state index < -0.39 is 10.0 Å². The molecular weight excluding hydrogens is 452 g/mol. The number of aryl methyl sites for hydroxylation is 1. The monoisotopic (exact) mass is 482 g/mol. The summed E-state index contributed by atoms with van der Waals surface area (Å²) in [4.78, 5) is 13.9. The molecule has 0 spiro atoms. The first kappa shape index (κ1) is 22.8. The smallest absolute Gasteiger partial charge is 0.227 e. The summed E-state index contributed by atoms with van der Waals surface area (Å²) in [6.07, 6.45) is 3.56. The molecule has 0 atom stereocenters. The number of piperazine rings is 1. The Morgan fingerprint density at radius 2 is 1.79 bits per heavy atom. The van der Waals surface area contributed by atoms with Crippen molar-refractivity contribution in [2.24, 2.45) is 0 Å². The predicted molar refractivity (Wildman–Crippen MR) is 133 cm³/mol. The van der Waals surface area contributed by atoms with Crippen LogP contribution in [-0.2, 0) is 23.0 Å². The van der Waals surface area contributed by atoms with E-state index in [9.17, 15) is 8.42 Å². The van der Waals surface area contributed by atoms with E-state index in [-0.39, 0.29) is 0 Å². The lowest BCUT2D eigenvalue weighted by Gasteiger charge is -2.34. The number of aromatic nitrogens is 2. The third-order valence-corrected chi connectivity index (χ3v) is 7.75. The van der Waals surface area contributed by atoms with Crippen LogP contribution in [0.15, 0.2) is 40.9 Å². The van der Waals surface area contributed by atoms with Crippen molar-refractivity contribution < 1.29 is 12.8 Å². The summed E-state index contributed by atoms with van der Waals surface area (Å²) in [5.41, 5.74) is 4.61. The van der Waals surface area contributed by atoms with Crippen molar-refractivity contribution in [2.45, 2.75) is 19.9 Å². The fourth-order valence-corrected chi connectivity index (χ4v) is 5.20. The average Bonchev–Trinajstić information content (AvgIpc) is 3.24. The van der Waals surface area contributed by atoms with Crippen LogP contribution in [0.1, 0.15) is 16.9 Å². The minimum Gasteiger partial charge on any atom is -0.459 e. The van der Waals surface area contributed by atoms with E-state index in [1.807, 2.05) is 25.1 Å². The van der Waals surface area contributed by atoms with Crippen molar-refractivity contribution in [2.75, 3.05) is 56.2 Å². The Hall–Kier alpha value is -2.95.